The number of hydrogen-bond acceptors (Lipinski definition) is 2. The van der Waals surface area contributed by atoms with Gasteiger partial charge >= 0.3 is 5.97 Å². The van der Waals surface area contributed by atoms with Gasteiger partial charge in [0, 0.05) is 11.4 Å². The number of carboxylic acids is 1. The first-order valence-corrected chi connectivity index (χ1v) is 6.52. The van der Waals surface area contributed by atoms with Crippen molar-refractivity contribution in [1.29, 1.82) is 0 Å². The Hall–Kier alpha value is -1.22. The largest absolute Gasteiger partial charge is 0.493 e. The molecule has 0 saturated heterocycles. The minimum atomic E-state index is -0.760. The summed E-state index contributed by atoms with van der Waals surface area (Å²) in [5.41, 5.74) is 1.08. The lowest BCUT2D eigenvalue weighted by Crippen LogP contribution is -2.03. The van der Waals surface area contributed by atoms with Crippen molar-refractivity contribution >= 4 is 17.6 Å². The predicted molar refractivity (Wildman–Crippen MR) is 72.5 cm³/mol. The number of unbranched alkanes of at least 4 members (excludes halogenated alkanes) is 1. The summed E-state index contributed by atoms with van der Waals surface area (Å²) in [6, 6.07) is 5.59. The van der Waals surface area contributed by atoms with Crippen LogP contribution in [0.25, 0.3) is 0 Å². The van der Waals surface area contributed by atoms with Crippen molar-refractivity contribution in [3.63, 3.8) is 0 Å². The molecule has 3 nitrogen and oxygen atoms in total. The van der Waals surface area contributed by atoms with Crippen molar-refractivity contribution in [1.82, 2.24) is 0 Å². The van der Waals surface area contributed by atoms with Gasteiger partial charge in [-0.2, -0.15) is 0 Å². The maximum atomic E-state index is 10.4. The molecule has 1 N–H and O–H groups in total. The van der Waals surface area contributed by atoms with Crippen LogP contribution in [0.15, 0.2) is 18.2 Å². The van der Waals surface area contributed by atoms with Crippen LogP contribution < -0.4 is 4.74 Å². The van der Waals surface area contributed by atoms with Gasteiger partial charge in [-0.05, 0) is 42.5 Å². The maximum Gasteiger partial charge on any atom is 0.303 e. The smallest absolute Gasteiger partial charge is 0.303 e. The zero-order valence-electron chi connectivity index (χ0n) is 10.8. The minimum absolute atomic E-state index is 0.195. The van der Waals surface area contributed by atoms with Gasteiger partial charge in [0.05, 0.1) is 6.61 Å². The topological polar surface area (TPSA) is 46.5 Å². The molecule has 100 valence electrons. The Kier molecular flexibility index (Phi) is 5.99. The Morgan fingerprint density at radius 3 is 2.72 bits per heavy atom. The van der Waals surface area contributed by atoms with E-state index in [1.807, 2.05) is 12.1 Å². The molecule has 0 spiro atoms. The average Bonchev–Trinajstić information content (AvgIpc) is 2.29. The van der Waals surface area contributed by atoms with Crippen LogP contribution in [0.2, 0.25) is 5.02 Å². The third kappa shape index (κ3) is 4.96. The molecule has 0 radical (unpaired) electrons. The van der Waals surface area contributed by atoms with Crippen molar-refractivity contribution in [3.8, 4) is 5.75 Å². The summed E-state index contributed by atoms with van der Waals surface area (Å²) in [5.74, 6) is 0.423. The molecule has 0 bridgehead atoms. The number of hydrogen-bond donors (Lipinski definition) is 1. The molecule has 1 aromatic carbocycles. The van der Waals surface area contributed by atoms with E-state index in [1.165, 1.54) is 0 Å². The summed E-state index contributed by atoms with van der Waals surface area (Å²) in [5, 5.41) is 9.23. The number of ether oxygens (including phenoxy) is 1. The Bertz CT molecular complexity index is 402. The second kappa shape index (κ2) is 7.27. The summed E-state index contributed by atoms with van der Waals surface area (Å²) in [6.07, 6.45) is 1.58. The highest BCUT2D eigenvalue weighted by Crippen LogP contribution is 2.29. The molecule has 0 unspecified atom stereocenters. The number of halogens is 1. The SMILES string of the molecule is CC(C)c1cc(Cl)ccc1OCCCCC(=O)O. The third-order valence-corrected chi connectivity index (χ3v) is 2.87. The van der Waals surface area contributed by atoms with Crippen molar-refractivity contribution in [3.05, 3.63) is 28.8 Å². The van der Waals surface area contributed by atoms with E-state index in [0.717, 1.165) is 17.7 Å². The van der Waals surface area contributed by atoms with E-state index in [9.17, 15) is 4.79 Å². The van der Waals surface area contributed by atoms with E-state index in [-0.39, 0.29) is 6.42 Å². The molecule has 0 aliphatic carbocycles. The van der Waals surface area contributed by atoms with E-state index in [2.05, 4.69) is 13.8 Å². The highest BCUT2D eigenvalue weighted by Gasteiger charge is 2.08. The van der Waals surface area contributed by atoms with Crippen molar-refractivity contribution in [2.24, 2.45) is 0 Å². The van der Waals surface area contributed by atoms with Crippen LogP contribution in [0, 0.1) is 0 Å². The standard InChI is InChI=1S/C14H19ClO3/c1-10(2)12-9-11(15)6-7-13(12)18-8-4-3-5-14(16)17/h6-7,9-10H,3-5,8H2,1-2H3,(H,16,17). The highest BCUT2D eigenvalue weighted by atomic mass is 35.5. The first kappa shape index (κ1) is 14.8. The van der Waals surface area contributed by atoms with Gasteiger partial charge in [-0.1, -0.05) is 25.4 Å². The number of benzene rings is 1. The summed E-state index contributed by atoms with van der Waals surface area (Å²) >= 11 is 5.96. The fourth-order valence-electron chi connectivity index (χ4n) is 1.66. The van der Waals surface area contributed by atoms with Crippen LogP contribution in [-0.2, 0) is 4.79 Å². The molecule has 0 aromatic heterocycles. The first-order chi connectivity index (χ1) is 8.50. The number of carboxylic acid groups (broad SMARTS) is 1. The van der Waals surface area contributed by atoms with Crippen LogP contribution in [0.5, 0.6) is 5.75 Å². The van der Waals surface area contributed by atoms with Gasteiger partial charge in [0.15, 0.2) is 0 Å². The quantitative estimate of drug-likeness (QED) is 0.759. The molecule has 0 atom stereocenters. The second-order valence-corrected chi connectivity index (χ2v) is 4.97. The van der Waals surface area contributed by atoms with Crippen LogP contribution >= 0.6 is 11.6 Å². The number of aliphatic carboxylic acids is 1. The molecule has 0 heterocycles. The highest BCUT2D eigenvalue weighted by molar-refractivity contribution is 6.30. The van der Waals surface area contributed by atoms with Crippen LogP contribution in [0.4, 0.5) is 0 Å². The molecule has 1 rings (SSSR count). The van der Waals surface area contributed by atoms with E-state index >= 15 is 0 Å². The predicted octanol–water partition coefficient (Wildman–Crippen LogP) is 4.10. The second-order valence-electron chi connectivity index (χ2n) is 4.54. The lowest BCUT2D eigenvalue weighted by molar-refractivity contribution is -0.137. The Balaban J connectivity index is 2.49. The Labute approximate surface area is 113 Å². The molecular weight excluding hydrogens is 252 g/mol. The third-order valence-electron chi connectivity index (χ3n) is 2.64. The fraction of sp³-hybridized carbons (Fsp3) is 0.500. The molecule has 1 aromatic rings. The lowest BCUT2D eigenvalue weighted by Gasteiger charge is -2.14. The average molecular weight is 271 g/mol. The molecular formula is C14H19ClO3. The zero-order chi connectivity index (χ0) is 13.5. The van der Waals surface area contributed by atoms with Crippen molar-refractivity contribution in [2.45, 2.75) is 39.0 Å². The first-order valence-electron chi connectivity index (χ1n) is 6.14. The summed E-state index contributed by atoms with van der Waals surface area (Å²) in [7, 11) is 0. The Morgan fingerprint density at radius 2 is 2.11 bits per heavy atom. The van der Waals surface area contributed by atoms with Gasteiger partial charge in [-0.3, -0.25) is 4.79 Å². The molecule has 0 saturated carbocycles. The van der Waals surface area contributed by atoms with Gasteiger partial charge in [-0.25, -0.2) is 0 Å². The molecule has 0 fully saturated rings. The molecule has 0 aliphatic rings. The summed E-state index contributed by atoms with van der Waals surface area (Å²) in [4.78, 5) is 10.4. The number of carbonyl (C=O) groups is 1. The molecule has 0 aliphatic heterocycles. The van der Waals surface area contributed by atoms with E-state index in [0.29, 0.717) is 24.0 Å². The molecule has 18 heavy (non-hydrogen) atoms. The van der Waals surface area contributed by atoms with E-state index in [1.54, 1.807) is 6.07 Å². The van der Waals surface area contributed by atoms with Gasteiger partial charge in [0.2, 0.25) is 0 Å². The van der Waals surface area contributed by atoms with Gasteiger partial charge < -0.3 is 9.84 Å². The molecule has 0 amide bonds. The van der Waals surface area contributed by atoms with Crippen LogP contribution in [0.1, 0.15) is 44.6 Å². The van der Waals surface area contributed by atoms with Crippen molar-refractivity contribution in [2.75, 3.05) is 6.61 Å². The maximum absolute atomic E-state index is 10.4. The Morgan fingerprint density at radius 1 is 1.39 bits per heavy atom. The van der Waals surface area contributed by atoms with Gasteiger partial charge in [-0.15, -0.1) is 0 Å². The normalized spacial score (nSPS) is 10.7. The molecule has 4 heteroatoms. The fourth-order valence-corrected chi connectivity index (χ4v) is 1.84. The number of rotatable bonds is 7. The van der Waals surface area contributed by atoms with Crippen LogP contribution in [0.3, 0.4) is 0 Å². The monoisotopic (exact) mass is 270 g/mol. The minimum Gasteiger partial charge on any atom is -0.493 e. The van der Waals surface area contributed by atoms with E-state index < -0.39 is 5.97 Å². The van der Waals surface area contributed by atoms with Crippen LogP contribution in [-0.4, -0.2) is 17.7 Å². The van der Waals surface area contributed by atoms with Gasteiger partial charge in [0.1, 0.15) is 5.75 Å². The van der Waals surface area contributed by atoms with Crippen molar-refractivity contribution < 1.29 is 14.6 Å². The van der Waals surface area contributed by atoms with Gasteiger partial charge in [0.25, 0.3) is 0 Å². The van der Waals surface area contributed by atoms with E-state index in [4.69, 9.17) is 21.4 Å². The summed E-state index contributed by atoms with van der Waals surface area (Å²) < 4.78 is 5.68. The lowest BCUT2D eigenvalue weighted by atomic mass is 10.0. The zero-order valence-corrected chi connectivity index (χ0v) is 11.5. The summed E-state index contributed by atoms with van der Waals surface area (Å²) in [6.45, 7) is 4.71.